The number of nitrogens with one attached hydrogen (secondary N) is 1. The summed E-state index contributed by atoms with van der Waals surface area (Å²) in [6.07, 6.45) is 7.05. The summed E-state index contributed by atoms with van der Waals surface area (Å²) in [7, 11) is 0. The van der Waals surface area contributed by atoms with Crippen LogP contribution in [-0.2, 0) is 17.6 Å². The lowest BCUT2D eigenvalue weighted by molar-refractivity contribution is -0.139. The maximum atomic E-state index is 12.0. The molecule has 0 aromatic carbocycles. The van der Waals surface area contributed by atoms with Crippen LogP contribution in [-0.4, -0.2) is 23.0 Å². The molecule has 1 heterocycles. The second kappa shape index (κ2) is 6.02. The van der Waals surface area contributed by atoms with Crippen LogP contribution in [0.4, 0.5) is 0 Å². The standard InChI is InChI=1S/C14H17NO3S/c1-2-3-6-10(14(17)18)15-13(16)12-8-9-5-4-7-11(9)19-12/h2-3,8,10H,4-7H2,1H3,(H,15,16)(H,17,18)/b3-2+. The number of amides is 1. The van der Waals surface area contributed by atoms with E-state index < -0.39 is 12.0 Å². The number of rotatable bonds is 5. The third-order valence-corrected chi connectivity index (χ3v) is 4.42. The van der Waals surface area contributed by atoms with E-state index in [2.05, 4.69) is 5.32 Å². The molecule has 1 unspecified atom stereocenters. The Bertz CT molecular complexity index is 497. The van der Waals surface area contributed by atoms with Crippen molar-refractivity contribution in [3.05, 3.63) is 33.5 Å². The van der Waals surface area contributed by atoms with Crippen molar-refractivity contribution in [2.45, 2.75) is 38.6 Å². The molecule has 2 rings (SSSR count). The van der Waals surface area contributed by atoms with Gasteiger partial charge in [0.1, 0.15) is 6.04 Å². The second-order valence-electron chi connectivity index (χ2n) is 4.58. The molecule has 0 aliphatic heterocycles. The van der Waals surface area contributed by atoms with Gasteiger partial charge in [-0.25, -0.2) is 4.79 Å². The van der Waals surface area contributed by atoms with Crippen molar-refractivity contribution < 1.29 is 14.7 Å². The van der Waals surface area contributed by atoms with Crippen molar-refractivity contribution in [3.8, 4) is 0 Å². The predicted molar refractivity (Wildman–Crippen MR) is 74.7 cm³/mol. The summed E-state index contributed by atoms with van der Waals surface area (Å²) in [6.45, 7) is 1.82. The van der Waals surface area contributed by atoms with E-state index in [9.17, 15) is 9.59 Å². The molecule has 1 aliphatic carbocycles. The third-order valence-electron chi connectivity index (χ3n) is 3.18. The highest BCUT2D eigenvalue weighted by Gasteiger charge is 2.22. The Morgan fingerprint density at radius 3 is 2.95 bits per heavy atom. The zero-order valence-electron chi connectivity index (χ0n) is 10.8. The van der Waals surface area contributed by atoms with Gasteiger partial charge >= 0.3 is 5.97 Å². The average Bonchev–Trinajstić information content (AvgIpc) is 2.94. The number of allylic oxidation sites excluding steroid dienone is 1. The zero-order valence-corrected chi connectivity index (χ0v) is 11.6. The smallest absolute Gasteiger partial charge is 0.326 e. The van der Waals surface area contributed by atoms with Gasteiger partial charge < -0.3 is 10.4 Å². The van der Waals surface area contributed by atoms with Crippen molar-refractivity contribution in [1.82, 2.24) is 5.32 Å². The zero-order chi connectivity index (χ0) is 13.8. The minimum atomic E-state index is -1.00. The van der Waals surface area contributed by atoms with Gasteiger partial charge in [0.15, 0.2) is 0 Å². The van der Waals surface area contributed by atoms with Crippen molar-refractivity contribution in [2.75, 3.05) is 0 Å². The van der Waals surface area contributed by atoms with Crippen LogP contribution in [0.2, 0.25) is 0 Å². The maximum absolute atomic E-state index is 12.0. The second-order valence-corrected chi connectivity index (χ2v) is 5.72. The number of carbonyl (C=O) groups excluding carboxylic acids is 1. The van der Waals surface area contributed by atoms with Gasteiger partial charge in [-0.15, -0.1) is 11.3 Å². The first-order valence-corrected chi connectivity index (χ1v) is 7.20. The molecule has 0 saturated heterocycles. The summed E-state index contributed by atoms with van der Waals surface area (Å²) in [5, 5.41) is 11.6. The molecule has 0 spiro atoms. The van der Waals surface area contributed by atoms with E-state index in [-0.39, 0.29) is 5.91 Å². The highest BCUT2D eigenvalue weighted by molar-refractivity contribution is 7.14. The van der Waals surface area contributed by atoms with Crippen LogP contribution in [0.3, 0.4) is 0 Å². The Morgan fingerprint density at radius 2 is 2.32 bits per heavy atom. The van der Waals surface area contributed by atoms with Crippen LogP contribution in [0.25, 0.3) is 0 Å². The molecule has 0 saturated carbocycles. The molecule has 102 valence electrons. The van der Waals surface area contributed by atoms with Crippen LogP contribution in [0.15, 0.2) is 18.2 Å². The van der Waals surface area contributed by atoms with Gasteiger partial charge in [0.05, 0.1) is 4.88 Å². The Morgan fingerprint density at radius 1 is 1.53 bits per heavy atom. The fraction of sp³-hybridized carbons (Fsp3) is 0.429. The number of aliphatic carboxylic acids is 1. The number of carboxylic acid groups (broad SMARTS) is 1. The Balaban J connectivity index is 2.03. The average molecular weight is 279 g/mol. The predicted octanol–water partition coefficient (Wildman–Crippen LogP) is 2.39. The van der Waals surface area contributed by atoms with Crippen molar-refractivity contribution in [3.63, 3.8) is 0 Å². The van der Waals surface area contributed by atoms with Crippen LogP contribution in [0.5, 0.6) is 0 Å². The van der Waals surface area contributed by atoms with Crippen molar-refractivity contribution in [2.24, 2.45) is 0 Å². The molecule has 4 nitrogen and oxygen atoms in total. The molecule has 0 radical (unpaired) electrons. The number of carbonyl (C=O) groups is 2. The fourth-order valence-electron chi connectivity index (χ4n) is 2.16. The van der Waals surface area contributed by atoms with E-state index >= 15 is 0 Å². The molecule has 1 aromatic rings. The SMILES string of the molecule is C/C=C/CC(NC(=O)c1cc2c(s1)CCC2)C(=O)O. The monoisotopic (exact) mass is 279 g/mol. The molecular weight excluding hydrogens is 262 g/mol. The first-order valence-electron chi connectivity index (χ1n) is 6.38. The first kappa shape index (κ1) is 13.8. The Kier molecular flexibility index (Phi) is 4.37. The van der Waals surface area contributed by atoms with E-state index in [1.165, 1.54) is 21.8 Å². The molecule has 0 fully saturated rings. The quantitative estimate of drug-likeness (QED) is 0.813. The van der Waals surface area contributed by atoms with Crippen molar-refractivity contribution >= 4 is 23.2 Å². The fourth-order valence-corrected chi connectivity index (χ4v) is 3.32. The van der Waals surface area contributed by atoms with Gasteiger partial charge in [-0.1, -0.05) is 12.2 Å². The van der Waals surface area contributed by atoms with Gasteiger partial charge in [-0.2, -0.15) is 0 Å². The molecule has 0 bridgehead atoms. The number of carboxylic acids is 1. The number of hydrogen-bond acceptors (Lipinski definition) is 3. The van der Waals surface area contributed by atoms with E-state index in [1.54, 1.807) is 12.2 Å². The topological polar surface area (TPSA) is 66.4 Å². The van der Waals surface area contributed by atoms with E-state index in [1.807, 2.05) is 13.0 Å². The van der Waals surface area contributed by atoms with Crippen LogP contribution >= 0.6 is 11.3 Å². The maximum Gasteiger partial charge on any atom is 0.326 e. The molecule has 1 aliphatic rings. The summed E-state index contributed by atoms with van der Waals surface area (Å²) in [4.78, 5) is 25.0. The number of thiophene rings is 1. The number of aryl methyl sites for hydroxylation is 2. The summed E-state index contributed by atoms with van der Waals surface area (Å²) in [6, 6.07) is 1.04. The lowest BCUT2D eigenvalue weighted by atomic mass is 10.2. The van der Waals surface area contributed by atoms with Gasteiger partial charge in [-0.05, 0) is 44.2 Å². The summed E-state index contributed by atoms with van der Waals surface area (Å²) < 4.78 is 0. The highest BCUT2D eigenvalue weighted by Crippen LogP contribution is 2.30. The molecule has 1 amide bonds. The number of hydrogen-bond donors (Lipinski definition) is 2. The minimum Gasteiger partial charge on any atom is -0.480 e. The van der Waals surface area contributed by atoms with E-state index in [0.29, 0.717) is 11.3 Å². The Hall–Kier alpha value is -1.62. The van der Waals surface area contributed by atoms with Gasteiger partial charge in [0.2, 0.25) is 0 Å². The van der Waals surface area contributed by atoms with E-state index in [4.69, 9.17) is 5.11 Å². The number of fused-ring (bicyclic) bond motifs is 1. The molecule has 2 N–H and O–H groups in total. The first-order chi connectivity index (χ1) is 9.11. The van der Waals surface area contributed by atoms with Gasteiger partial charge in [0, 0.05) is 4.88 Å². The molecule has 5 heteroatoms. The van der Waals surface area contributed by atoms with E-state index in [0.717, 1.165) is 19.3 Å². The summed E-state index contributed by atoms with van der Waals surface area (Å²) in [5.41, 5.74) is 1.25. The minimum absolute atomic E-state index is 0.281. The summed E-state index contributed by atoms with van der Waals surface area (Å²) in [5.74, 6) is -1.29. The van der Waals surface area contributed by atoms with Crippen LogP contribution in [0.1, 0.15) is 39.9 Å². The van der Waals surface area contributed by atoms with Gasteiger partial charge in [0.25, 0.3) is 5.91 Å². The Labute approximate surface area is 116 Å². The third kappa shape index (κ3) is 3.23. The van der Waals surface area contributed by atoms with Gasteiger partial charge in [-0.3, -0.25) is 4.79 Å². The summed E-state index contributed by atoms with van der Waals surface area (Å²) >= 11 is 1.48. The van der Waals surface area contributed by atoms with Crippen LogP contribution in [0, 0.1) is 0 Å². The molecule has 19 heavy (non-hydrogen) atoms. The molecule has 1 aromatic heterocycles. The lowest BCUT2D eigenvalue weighted by Crippen LogP contribution is -2.40. The highest BCUT2D eigenvalue weighted by atomic mass is 32.1. The molecular formula is C14H17NO3S. The normalized spacial score (nSPS) is 15.4. The van der Waals surface area contributed by atoms with Crippen molar-refractivity contribution in [1.29, 1.82) is 0 Å². The largest absolute Gasteiger partial charge is 0.480 e. The molecule has 1 atom stereocenters. The lowest BCUT2D eigenvalue weighted by Gasteiger charge is -2.11. The van der Waals surface area contributed by atoms with Crippen LogP contribution < -0.4 is 5.32 Å².